The van der Waals surface area contributed by atoms with E-state index in [4.69, 9.17) is 9.47 Å². The topological polar surface area (TPSA) is 38.7 Å². The van der Waals surface area contributed by atoms with Crippen LogP contribution in [0.15, 0.2) is 47.1 Å². The molecule has 1 aliphatic heterocycles. The molecule has 184 valence electrons. The molecule has 3 fully saturated rings. The molecule has 0 bridgehead atoms. The lowest BCUT2D eigenvalue weighted by atomic mass is 9.53. The van der Waals surface area contributed by atoms with Crippen molar-refractivity contribution in [3.05, 3.63) is 58.2 Å². The molecule has 0 radical (unpaired) electrons. The first-order valence-electron chi connectivity index (χ1n) is 13.7. The summed E-state index contributed by atoms with van der Waals surface area (Å²) in [5.41, 5.74) is 7.74. The zero-order chi connectivity index (χ0) is 23.7. The molecule has 1 spiro atoms. The van der Waals surface area contributed by atoms with E-state index in [1.54, 1.807) is 11.1 Å². The van der Waals surface area contributed by atoms with Crippen LogP contribution < -0.4 is 0 Å². The van der Waals surface area contributed by atoms with Gasteiger partial charge in [-0.1, -0.05) is 57.5 Å². The van der Waals surface area contributed by atoms with E-state index < -0.39 is 5.79 Å². The molecule has 0 aromatic heterocycles. The predicted octanol–water partition coefficient (Wildman–Crippen LogP) is 6.71. The van der Waals surface area contributed by atoms with E-state index in [0.29, 0.717) is 17.8 Å². The smallest absolute Gasteiger partial charge is 0.188 e. The first kappa shape index (κ1) is 23.0. The Morgan fingerprint density at radius 2 is 1.71 bits per heavy atom. The highest BCUT2D eigenvalue weighted by Crippen LogP contribution is 2.64. The monoisotopic (exact) mass is 462 g/mol. The second-order valence-corrected chi connectivity index (χ2v) is 12.9. The Morgan fingerprint density at radius 1 is 0.971 bits per heavy atom. The molecule has 3 heteroatoms. The Labute approximate surface area is 205 Å². The number of aliphatic hydroxyl groups excluding tert-OH is 1. The first-order valence-corrected chi connectivity index (χ1v) is 13.7. The molecule has 1 N–H and O–H groups in total. The Bertz CT molecular complexity index is 1010. The lowest BCUT2D eigenvalue weighted by Gasteiger charge is -2.53. The third-order valence-electron chi connectivity index (χ3n) is 10.0. The minimum absolute atomic E-state index is 0.0289. The van der Waals surface area contributed by atoms with Crippen molar-refractivity contribution in [1.82, 2.24) is 0 Å². The highest BCUT2D eigenvalue weighted by molar-refractivity contribution is 5.49. The molecular weight excluding hydrogens is 420 g/mol. The van der Waals surface area contributed by atoms with Crippen molar-refractivity contribution in [3.63, 3.8) is 0 Å². The molecule has 2 saturated carbocycles. The Morgan fingerprint density at radius 3 is 2.41 bits per heavy atom. The van der Waals surface area contributed by atoms with Gasteiger partial charge in [0.1, 0.15) is 0 Å². The van der Waals surface area contributed by atoms with Gasteiger partial charge in [0.15, 0.2) is 5.79 Å². The molecule has 5 aliphatic rings. The molecule has 3 nitrogen and oxygen atoms in total. The fourth-order valence-electron chi connectivity index (χ4n) is 7.99. The van der Waals surface area contributed by atoms with Crippen LogP contribution in [0, 0.1) is 22.7 Å². The van der Waals surface area contributed by atoms with Gasteiger partial charge in [0.2, 0.25) is 0 Å². The molecule has 34 heavy (non-hydrogen) atoms. The van der Waals surface area contributed by atoms with Crippen molar-refractivity contribution in [2.24, 2.45) is 22.7 Å². The van der Waals surface area contributed by atoms with Crippen LogP contribution in [0.1, 0.15) is 89.7 Å². The summed E-state index contributed by atoms with van der Waals surface area (Å²) in [6, 6.07) is 9.37. The summed E-state index contributed by atoms with van der Waals surface area (Å²) >= 11 is 0. The molecule has 1 aromatic carbocycles. The molecular formula is C31H42O3. The maximum atomic E-state index is 11.1. The van der Waals surface area contributed by atoms with Crippen LogP contribution in [0.25, 0.3) is 0 Å². The van der Waals surface area contributed by atoms with Crippen molar-refractivity contribution >= 4 is 0 Å². The lowest BCUT2D eigenvalue weighted by Crippen LogP contribution is -2.49. The number of aryl methyl sites for hydroxylation is 1. The van der Waals surface area contributed by atoms with E-state index >= 15 is 0 Å². The summed E-state index contributed by atoms with van der Waals surface area (Å²) in [4.78, 5) is 0. The Balaban J connectivity index is 1.42. The zero-order valence-electron chi connectivity index (χ0n) is 21.5. The SMILES string of the molecule is CCc1ccc(C2CC3(C)C(O)CCC3C3CCC4=CC5(CCC4=C23)OCC(C)(C)CO5)cc1. The first-order chi connectivity index (χ1) is 16.2. The maximum Gasteiger partial charge on any atom is 0.188 e. The number of allylic oxidation sites excluding steroid dienone is 3. The number of hydrogen-bond donors (Lipinski definition) is 1. The summed E-state index contributed by atoms with van der Waals surface area (Å²) < 4.78 is 12.8. The van der Waals surface area contributed by atoms with Crippen molar-refractivity contribution < 1.29 is 14.6 Å². The van der Waals surface area contributed by atoms with Gasteiger partial charge in [-0.05, 0) is 90.5 Å². The minimum atomic E-state index is -0.521. The predicted molar refractivity (Wildman–Crippen MR) is 135 cm³/mol. The van der Waals surface area contributed by atoms with Gasteiger partial charge in [0.05, 0.1) is 19.3 Å². The van der Waals surface area contributed by atoms with Crippen LogP contribution >= 0.6 is 0 Å². The fourth-order valence-corrected chi connectivity index (χ4v) is 7.99. The van der Waals surface area contributed by atoms with E-state index in [-0.39, 0.29) is 16.9 Å². The Hall–Kier alpha value is -1.42. The van der Waals surface area contributed by atoms with Gasteiger partial charge >= 0.3 is 0 Å². The van der Waals surface area contributed by atoms with Crippen LogP contribution in [0.5, 0.6) is 0 Å². The van der Waals surface area contributed by atoms with E-state index in [9.17, 15) is 5.11 Å². The second-order valence-electron chi connectivity index (χ2n) is 12.9. The van der Waals surface area contributed by atoms with Crippen molar-refractivity contribution in [1.29, 1.82) is 0 Å². The largest absolute Gasteiger partial charge is 0.393 e. The normalized spacial score (nSPS) is 38.2. The van der Waals surface area contributed by atoms with Gasteiger partial charge < -0.3 is 14.6 Å². The Kier molecular flexibility index (Phi) is 5.45. The summed E-state index contributed by atoms with van der Waals surface area (Å²) in [5, 5.41) is 11.1. The second kappa shape index (κ2) is 8.05. The van der Waals surface area contributed by atoms with E-state index in [1.165, 1.54) is 29.5 Å². The molecule has 4 aliphatic carbocycles. The van der Waals surface area contributed by atoms with Crippen LogP contribution in [0.2, 0.25) is 0 Å². The third-order valence-corrected chi connectivity index (χ3v) is 10.0. The van der Waals surface area contributed by atoms with E-state index in [0.717, 1.165) is 51.7 Å². The van der Waals surface area contributed by atoms with Gasteiger partial charge in [-0.25, -0.2) is 0 Å². The fraction of sp³-hybridized carbons (Fsp3) is 0.677. The third kappa shape index (κ3) is 3.57. The molecule has 1 saturated heterocycles. The average molecular weight is 463 g/mol. The van der Waals surface area contributed by atoms with E-state index in [2.05, 4.69) is 58.0 Å². The highest BCUT2D eigenvalue weighted by Gasteiger charge is 2.56. The van der Waals surface area contributed by atoms with Gasteiger partial charge in [-0.2, -0.15) is 0 Å². The maximum absolute atomic E-state index is 11.1. The highest BCUT2D eigenvalue weighted by atomic mass is 16.7. The standard InChI is InChI=1S/C31H42O3/c1-5-20-6-8-21(9-7-20)25-17-30(4)26(12-13-27(30)32)24-11-10-22-16-31(15-14-23(22)28(24)25)33-18-29(2,3)19-34-31/h6-9,16,24-27,32H,5,10-15,17-19H2,1-4H3. The van der Waals surface area contributed by atoms with Crippen LogP contribution in [-0.4, -0.2) is 30.2 Å². The number of benzene rings is 1. The van der Waals surface area contributed by atoms with Crippen LogP contribution in [-0.2, 0) is 15.9 Å². The number of rotatable bonds is 2. The van der Waals surface area contributed by atoms with Gasteiger partial charge in [0, 0.05) is 17.8 Å². The summed E-state index contributed by atoms with van der Waals surface area (Å²) in [5.74, 6) is 1.09. The van der Waals surface area contributed by atoms with Crippen molar-refractivity contribution in [2.45, 2.75) is 96.9 Å². The summed E-state index contributed by atoms with van der Waals surface area (Å²) in [7, 11) is 0. The molecule has 6 rings (SSSR count). The average Bonchev–Trinajstić information content (AvgIpc) is 3.14. The molecule has 5 atom stereocenters. The van der Waals surface area contributed by atoms with Gasteiger partial charge in [0.25, 0.3) is 0 Å². The van der Waals surface area contributed by atoms with Crippen molar-refractivity contribution in [3.8, 4) is 0 Å². The summed E-state index contributed by atoms with van der Waals surface area (Å²) in [6.07, 6.45) is 10.8. The zero-order valence-corrected chi connectivity index (χ0v) is 21.5. The summed E-state index contributed by atoms with van der Waals surface area (Å²) in [6.45, 7) is 10.6. The van der Waals surface area contributed by atoms with Gasteiger partial charge in [-0.15, -0.1) is 0 Å². The number of aliphatic hydroxyl groups is 1. The molecule has 0 amide bonds. The minimum Gasteiger partial charge on any atom is -0.393 e. The molecule has 5 unspecified atom stereocenters. The molecule has 1 aromatic rings. The van der Waals surface area contributed by atoms with Crippen LogP contribution in [0.4, 0.5) is 0 Å². The van der Waals surface area contributed by atoms with E-state index in [1.807, 2.05) is 0 Å². The van der Waals surface area contributed by atoms with Gasteiger partial charge in [-0.3, -0.25) is 0 Å². The number of fused-ring (bicyclic) bond motifs is 4. The lowest BCUT2D eigenvalue weighted by molar-refractivity contribution is -0.275. The number of hydrogen-bond acceptors (Lipinski definition) is 3. The van der Waals surface area contributed by atoms with Crippen molar-refractivity contribution in [2.75, 3.05) is 13.2 Å². The molecule has 1 heterocycles. The number of ether oxygens (including phenoxy) is 2. The quantitative estimate of drug-likeness (QED) is 0.531. The van der Waals surface area contributed by atoms with Crippen LogP contribution in [0.3, 0.4) is 0 Å².